The van der Waals surface area contributed by atoms with Crippen molar-refractivity contribution in [2.45, 2.75) is 162 Å². The number of aliphatic hydroxyl groups is 6. The molecule has 25 N–H and O–H groups in total. The molecule has 0 unspecified atom stereocenters. The van der Waals surface area contributed by atoms with E-state index < -0.39 is 152 Å². The third kappa shape index (κ3) is 18.3. The van der Waals surface area contributed by atoms with Gasteiger partial charge in [-0.1, -0.05) is 12.8 Å². The maximum absolute atomic E-state index is 13.1. The maximum atomic E-state index is 13.1. The number of nitrogens with zero attached hydrogens (tertiary/aromatic N) is 5. The summed E-state index contributed by atoms with van der Waals surface area (Å²) in [6.45, 7) is -0.350. The van der Waals surface area contributed by atoms with Crippen LogP contribution < -0.4 is 62.1 Å². The summed E-state index contributed by atoms with van der Waals surface area (Å²) in [4.78, 5) is 87.5. The van der Waals surface area contributed by atoms with Crippen molar-refractivity contribution in [1.82, 2.24) is 40.0 Å². The number of thioether (sulfide) groups is 2. The molecule has 1 saturated carbocycles. The van der Waals surface area contributed by atoms with E-state index in [2.05, 4.69) is 25.6 Å². The number of hydrogen-bond donors (Lipinski definition) is 17. The minimum atomic E-state index is -1.57. The number of carbonyl (C=O) groups is 5. The number of fused-ring (bicyclic) bond motifs is 1. The number of H-pyrrole nitrogens is 1. The van der Waals surface area contributed by atoms with Crippen LogP contribution in [0.3, 0.4) is 0 Å². The average Bonchev–Trinajstić information content (AvgIpc) is 3.94. The minimum absolute atomic E-state index is 0.0413. The number of hydrogen-bond acceptors (Lipinski definition) is 29. The van der Waals surface area contributed by atoms with Gasteiger partial charge in [-0.25, -0.2) is 4.98 Å². The van der Waals surface area contributed by atoms with Gasteiger partial charge in [-0.3, -0.25) is 33.8 Å². The smallest absolute Gasteiger partial charge is 0.280 e. The Kier molecular flexibility index (Phi) is 26.5. The third-order valence-electron chi connectivity index (χ3n) is 14.7. The molecule has 84 heavy (non-hydrogen) atoms. The van der Waals surface area contributed by atoms with Crippen LogP contribution in [0.2, 0.25) is 0 Å². The maximum Gasteiger partial charge on any atom is 0.280 e. The number of rotatable bonds is 31. The van der Waals surface area contributed by atoms with Gasteiger partial charge >= 0.3 is 0 Å². The Morgan fingerprint density at radius 1 is 0.714 bits per heavy atom. The van der Waals surface area contributed by atoms with Crippen LogP contribution in [0.5, 0.6) is 0 Å². The van der Waals surface area contributed by atoms with Gasteiger partial charge in [-0.15, -0.1) is 0 Å². The van der Waals surface area contributed by atoms with Gasteiger partial charge in [-0.2, -0.15) is 28.5 Å². The second-order valence-electron chi connectivity index (χ2n) is 21.0. The van der Waals surface area contributed by atoms with Crippen molar-refractivity contribution in [3.63, 3.8) is 0 Å². The highest BCUT2D eigenvalue weighted by Gasteiger charge is 2.54. The minimum Gasteiger partial charge on any atom is -0.389 e. The third-order valence-corrected chi connectivity index (χ3v) is 16.9. The van der Waals surface area contributed by atoms with Gasteiger partial charge in [0.1, 0.15) is 67.6 Å². The van der Waals surface area contributed by atoms with E-state index in [-0.39, 0.29) is 93.3 Å². The molecule has 4 aliphatic rings. The van der Waals surface area contributed by atoms with Crippen LogP contribution in [0, 0.1) is 0 Å². The van der Waals surface area contributed by atoms with Crippen LogP contribution in [0.25, 0.3) is 11.2 Å². The van der Waals surface area contributed by atoms with Gasteiger partial charge in [0.15, 0.2) is 30.0 Å². The Morgan fingerprint density at radius 3 is 1.87 bits per heavy atom. The molecule has 0 spiro atoms. The average molecular weight is 1240 g/mol. The van der Waals surface area contributed by atoms with E-state index >= 15 is 0 Å². The molecule has 0 aromatic carbocycles. The van der Waals surface area contributed by atoms with Crippen LogP contribution in [-0.2, 0) is 58.9 Å². The highest BCUT2D eigenvalue weighted by Crippen LogP contribution is 2.35. The van der Waals surface area contributed by atoms with E-state index in [1.165, 1.54) is 46.2 Å². The summed E-state index contributed by atoms with van der Waals surface area (Å²) < 4.78 is 37.8. The Balaban J connectivity index is 0.902. The first kappa shape index (κ1) is 68.6. The van der Waals surface area contributed by atoms with E-state index in [9.17, 15) is 59.4 Å². The molecule has 476 valence electrons. The van der Waals surface area contributed by atoms with Gasteiger partial charge in [0.05, 0.1) is 49.5 Å². The Labute approximate surface area is 491 Å². The van der Waals surface area contributed by atoms with Crippen molar-refractivity contribution >= 4 is 70.2 Å². The molecule has 3 saturated heterocycles. The fraction of sp³-hybridized carbons (Fsp3) is 0.792. The molecule has 1 aliphatic carbocycles. The Bertz CT molecular complexity index is 2530. The van der Waals surface area contributed by atoms with Gasteiger partial charge in [0.25, 0.3) is 5.56 Å². The van der Waals surface area contributed by atoms with Crippen molar-refractivity contribution in [1.29, 1.82) is 0 Å². The number of nitrogen functional groups attached to an aromatic ring is 1. The van der Waals surface area contributed by atoms with Gasteiger partial charge < -0.3 is 130 Å². The van der Waals surface area contributed by atoms with E-state index in [0.717, 1.165) is 30.6 Å². The number of carbonyl (C=O) groups excluding carboxylic acids is 5. The summed E-state index contributed by atoms with van der Waals surface area (Å²) in [5, 5.41) is 70.8. The molecular formula is C48H84N16O18S2. The van der Waals surface area contributed by atoms with Gasteiger partial charge in [-0.05, 0) is 30.8 Å². The fourth-order valence-corrected chi connectivity index (χ4v) is 11.9. The number of aromatic nitrogens is 4. The normalized spacial score (nSPS) is 32.5. The molecule has 0 bridgehead atoms. The van der Waals surface area contributed by atoms with Crippen LogP contribution in [0.15, 0.2) is 11.1 Å². The van der Waals surface area contributed by atoms with Crippen LogP contribution in [0.4, 0.5) is 5.95 Å². The predicted molar refractivity (Wildman–Crippen MR) is 301 cm³/mol. The molecule has 36 heteroatoms. The molecule has 34 nitrogen and oxygen atoms in total. The summed E-state index contributed by atoms with van der Waals surface area (Å²) in [5.41, 5.74) is 47.2. The second kappa shape index (κ2) is 32.5. The zero-order chi connectivity index (χ0) is 61.5. The van der Waals surface area contributed by atoms with Gasteiger partial charge in [0.2, 0.25) is 35.5 Å². The van der Waals surface area contributed by atoms with Crippen LogP contribution in [0.1, 0.15) is 39.0 Å². The van der Waals surface area contributed by atoms with Crippen molar-refractivity contribution in [3.8, 4) is 0 Å². The zero-order valence-corrected chi connectivity index (χ0v) is 48.2. The molecule has 3 aliphatic heterocycles. The summed E-state index contributed by atoms with van der Waals surface area (Å²) in [6.07, 6.45) is -15.1. The quantitative estimate of drug-likeness (QED) is 0.0312. The van der Waals surface area contributed by atoms with Crippen molar-refractivity contribution in [2.75, 3.05) is 81.1 Å². The number of primary amides is 1. The molecular weight excluding hydrogens is 1150 g/mol. The monoisotopic (exact) mass is 1240 g/mol. The summed E-state index contributed by atoms with van der Waals surface area (Å²) in [7, 11) is 0. The molecule has 2 aromatic heterocycles. The van der Waals surface area contributed by atoms with E-state index in [0.29, 0.717) is 11.5 Å². The first-order valence-corrected chi connectivity index (χ1v) is 29.9. The van der Waals surface area contributed by atoms with E-state index in [1.54, 1.807) is 0 Å². The molecule has 0 radical (unpaired) electrons. The topological polar surface area (TPSA) is 564 Å². The fourth-order valence-electron chi connectivity index (χ4n) is 9.96. The Hall–Kier alpha value is -4.52. The second-order valence-corrected chi connectivity index (χ2v) is 23.3. The number of amides is 5. The first-order chi connectivity index (χ1) is 39.9. The van der Waals surface area contributed by atoms with Gasteiger partial charge in [0, 0.05) is 64.0 Å². The molecule has 5 heterocycles. The van der Waals surface area contributed by atoms with Crippen molar-refractivity contribution in [3.05, 3.63) is 16.7 Å². The standard InChI is InChI=1S/C48H84N16O18S2/c1-21(65)62(16-28(67)57-7-9-63(15-27(53)66)30(69)17-64-20-59-33-43(64)60-48(56)61-44(33)76)8-6-58-29(68)19-84-11-5-3-2-4-10-83-18-26-41(81-46-32(55)38(74)36(72)25(14-50)78-46)39(75)47(79-26)82-42-34(70)22(51)12-23(52)40(42)80-45-31(54)37(73)35(71)24(13-49)77-45/h20,22-26,31-32,34-42,45-47,70-75H,2-19,49-52,54-55H2,1H3,(H2,53,66)(H,57,67)(H,58,68)(H3,56,60,61,76)/t22-,23+,24-,25+,26-,31-,32-,34+,35-,36-,37-,38-,39-,40-,41-,42-,45-,46-,47+/m1/s1. The predicted octanol–water partition coefficient (Wildman–Crippen LogP) is -9.75. The highest BCUT2D eigenvalue weighted by atomic mass is 32.2. The zero-order valence-electron chi connectivity index (χ0n) is 46.5. The molecule has 19 atom stereocenters. The lowest BCUT2D eigenvalue weighted by Crippen LogP contribution is -2.68. The summed E-state index contributed by atoms with van der Waals surface area (Å²) in [5.74, 6) is -1.01. The van der Waals surface area contributed by atoms with E-state index in [4.69, 9.17) is 74.3 Å². The summed E-state index contributed by atoms with van der Waals surface area (Å²) in [6, 6.07) is -4.31. The first-order valence-electron chi connectivity index (χ1n) is 27.6. The van der Waals surface area contributed by atoms with Crippen LogP contribution >= 0.6 is 23.5 Å². The number of nitrogens with two attached hydrogens (primary N) is 8. The van der Waals surface area contributed by atoms with Crippen molar-refractivity contribution < 1.29 is 83.0 Å². The Morgan fingerprint density at radius 2 is 1.27 bits per heavy atom. The molecule has 4 fully saturated rings. The SMILES string of the molecule is CC(=O)N(CCNC(=O)CSCCCCCCSC[C@H]1O[C@@H](O[C@@H]2[C@@H](O)[C@H](N)C[C@H](N)[C@H]2O[C@H]2O[C@H](CN)[C@@H](O)[C@H](O)[C@H]2N)[C@H](O)[C@@H]1O[C@H]1O[C@@H](CN)[C@@H](O)[C@H](O)[C@H]1N)CC(=O)NCCN(CC(N)=O)C(=O)Cn1cnc2c(=O)[nH]c(N)nc21. The highest BCUT2D eigenvalue weighted by molar-refractivity contribution is 8.00. The lowest BCUT2D eigenvalue weighted by Gasteiger charge is -2.47. The lowest BCUT2D eigenvalue weighted by atomic mass is 9.84. The number of nitrogens with one attached hydrogen (secondary N) is 3. The number of imidazole rings is 1. The number of aromatic amines is 1. The molecule has 6 rings (SSSR count). The number of anilines is 1. The number of ether oxygens (including phenoxy) is 6. The molecule has 5 amide bonds. The summed E-state index contributed by atoms with van der Waals surface area (Å²) >= 11 is 2.94. The van der Waals surface area contributed by atoms with Crippen LogP contribution in [-0.4, -0.2) is 281 Å². The largest absolute Gasteiger partial charge is 0.389 e. The van der Waals surface area contributed by atoms with Crippen molar-refractivity contribution in [2.24, 2.45) is 40.1 Å². The number of aliphatic hydroxyl groups excluding tert-OH is 6. The van der Waals surface area contributed by atoms with E-state index in [1.807, 2.05) is 0 Å². The molecule has 2 aromatic rings. The number of unbranched alkanes of at least 4 members (excludes halogenated alkanes) is 3. The lowest BCUT2D eigenvalue weighted by molar-refractivity contribution is -0.306.